The highest BCUT2D eigenvalue weighted by Crippen LogP contribution is 2.41. The summed E-state index contributed by atoms with van der Waals surface area (Å²) in [6.07, 6.45) is 2.56. The number of hydrogen-bond acceptors (Lipinski definition) is 2. The summed E-state index contributed by atoms with van der Waals surface area (Å²) in [5.74, 6) is 0.678. The van der Waals surface area contributed by atoms with Gasteiger partial charge in [-0.2, -0.15) is 5.10 Å². The van der Waals surface area contributed by atoms with Crippen LogP contribution in [0.1, 0.15) is 41.3 Å². The molecule has 0 spiro atoms. The molecule has 0 aliphatic heterocycles. The van der Waals surface area contributed by atoms with Crippen molar-refractivity contribution in [3.63, 3.8) is 0 Å². The number of benzene rings is 1. The maximum absolute atomic E-state index is 5.72. The van der Waals surface area contributed by atoms with Crippen LogP contribution in [0.4, 0.5) is 0 Å². The molecule has 3 nitrogen and oxygen atoms in total. The van der Waals surface area contributed by atoms with Gasteiger partial charge < -0.3 is 5.73 Å². The summed E-state index contributed by atoms with van der Waals surface area (Å²) in [6, 6.07) is 8.67. The van der Waals surface area contributed by atoms with Gasteiger partial charge in [-0.05, 0) is 49.9 Å². The lowest BCUT2D eigenvalue weighted by atomic mass is 10.1. The third-order valence-electron chi connectivity index (χ3n) is 3.59. The Balaban J connectivity index is 2.14. The molecule has 2 N–H and O–H groups in total. The average molecular weight is 241 g/mol. The molecule has 3 heteroatoms. The van der Waals surface area contributed by atoms with Crippen LogP contribution in [0.25, 0.3) is 5.69 Å². The number of hydrogen-bond donors (Lipinski definition) is 1. The van der Waals surface area contributed by atoms with Gasteiger partial charge in [0.25, 0.3) is 0 Å². The van der Waals surface area contributed by atoms with Gasteiger partial charge in [-0.25, -0.2) is 4.68 Å². The smallest absolute Gasteiger partial charge is 0.0767 e. The van der Waals surface area contributed by atoms with E-state index < -0.39 is 0 Å². The van der Waals surface area contributed by atoms with Crippen molar-refractivity contribution < 1.29 is 0 Å². The van der Waals surface area contributed by atoms with Crippen molar-refractivity contribution in [2.75, 3.05) is 0 Å². The summed E-state index contributed by atoms with van der Waals surface area (Å²) in [4.78, 5) is 0. The first-order valence-electron chi connectivity index (χ1n) is 6.55. The van der Waals surface area contributed by atoms with Crippen LogP contribution in [0.2, 0.25) is 0 Å². The Kier molecular flexibility index (Phi) is 2.71. The van der Waals surface area contributed by atoms with Gasteiger partial charge in [0, 0.05) is 18.2 Å². The van der Waals surface area contributed by atoms with E-state index in [1.165, 1.54) is 35.3 Å². The van der Waals surface area contributed by atoms with Crippen molar-refractivity contribution in [2.45, 2.75) is 39.2 Å². The maximum Gasteiger partial charge on any atom is 0.0767 e. The highest BCUT2D eigenvalue weighted by atomic mass is 15.3. The lowest BCUT2D eigenvalue weighted by molar-refractivity contribution is 0.781. The third kappa shape index (κ3) is 1.95. The topological polar surface area (TPSA) is 43.8 Å². The molecule has 0 saturated heterocycles. The summed E-state index contributed by atoms with van der Waals surface area (Å²) in [7, 11) is 0. The van der Waals surface area contributed by atoms with Gasteiger partial charge in [0.2, 0.25) is 0 Å². The van der Waals surface area contributed by atoms with Gasteiger partial charge in [-0.15, -0.1) is 0 Å². The van der Waals surface area contributed by atoms with Crippen LogP contribution in [0.15, 0.2) is 24.3 Å². The number of nitrogens with zero attached hydrogens (tertiary/aromatic N) is 2. The predicted molar refractivity (Wildman–Crippen MR) is 72.9 cm³/mol. The fourth-order valence-electron chi connectivity index (χ4n) is 2.36. The zero-order valence-electron chi connectivity index (χ0n) is 11.0. The molecule has 1 aromatic heterocycles. The van der Waals surface area contributed by atoms with Crippen molar-refractivity contribution in [2.24, 2.45) is 5.73 Å². The molecule has 0 radical (unpaired) electrons. The van der Waals surface area contributed by atoms with Crippen LogP contribution < -0.4 is 5.73 Å². The Morgan fingerprint density at radius 2 is 2.06 bits per heavy atom. The Hall–Kier alpha value is -1.61. The number of aromatic nitrogens is 2. The summed E-state index contributed by atoms with van der Waals surface area (Å²) < 4.78 is 2.10. The first-order valence-corrected chi connectivity index (χ1v) is 6.55. The van der Waals surface area contributed by atoms with Crippen LogP contribution in [0, 0.1) is 13.8 Å². The Morgan fingerprint density at radius 3 is 2.72 bits per heavy atom. The second kappa shape index (κ2) is 4.25. The molecule has 1 fully saturated rings. The SMILES string of the molecule is Cc1ccc(C)c(-n2nc(CN)cc2C2CC2)c1. The summed E-state index contributed by atoms with van der Waals surface area (Å²) in [6.45, 7) is 4.76. The quantitative estimate of drug-likeness (QED) is 0.898. The second-order valence-corrected chi connectivity index (χ2v) is 5.24. The average Bonchev–Trinajstić information content (AvgIpc) is 3.12. The van der Waals surface area contributed by atoms with Crippen molar-refractivity contribution in [3.8, 4) is 5.69 Å². The van der Waals surface area contributed by atoms with E-state index >= 15 is 0 Å². The highest BCUT2D eigenvalue weighted by Gasteiger charge is 2.28. The van der Waals surface area contributed by atoms with E-state index in [9.17, 15) is 0 Å². The Labute approximate surface area is 108 Å². The minimum Gasteiger partial charge on any atom is -0.325 e. The van der Waals surface area contributed by atoms with Crippen LogP contribution in [-0.4, -0.2) is 9.78 Å². The molecule has 0 unspecified atom stereocenters. The molecule has 2 aromatic rings. The van der Waals surface area contributed by atoms with E-state index in [2.05, 4.69) is 47.9 Å². The normalized spacial score (nSPS) is 15.1. The fourth-order valence-corrected chi connectivity index (χ4v) is 2.36. The van der Waals surface area contributed by atoms with E-state index in [4.69, 9.17) is 5.73 Å². The molecule has 1 aliphatic carbocycles. The first kappa shape index (κ1) is 11.5. The zero-order valence-corrected chi connectivity index (χ0v) is 11.0. The Bertz CT molecular complexity index is 579. The first-order chi connectivity index (χ1) is 8.69. The van der Waals surface area contributed by atoms with Crippen molar-refractivity contribution in [3.05, 3.63) is 46.8 Å². The molecular formula is C15H19N3. The second-order valence-electron chi connectivity index (χ2n) is 5.24. The highest BCUT2D eigenvalue weighted by molar-refractivity contribution is 5.44. The lowest BCUT2D eigenvalue weighted by Crippen LogP contribution is -2.05. The molecule has 0 atom stereocenters. The van der Waals surface area contributed by atoms with Gasteiger partial charge in [0.1, 0.15) is 0 Å². The minimum atomic E-state index is 0.511. The zero-order chi connectivity index (χ0) is 12.7. The number of aryl methyl sites for hydroxylation is 2. The van der Waals surface area contributed by atoms with Gasteiger partial charge in [0.05, 0.1) is 11.4 Å². The standard InChI is InChI=1S/C15H19N3/c1-10-3-4-11(2)14(7-10)18-15(12-5-6-12)8-13(9-16)17-18/h3-4,7-8,12H,5-6,9,16H2,1-2H3. The van der Waals surface area contributed by atoms with Gasteiger partial charge in [0.15, 0.2) is 0 Å². The molecule has 1 saturated carbocycles. The van der Waals surface area contributed by atoms with E-state index in [0.717, 1.165) is 5.69 Å². The monoisotopic (exact) mass is 241 g/mol. The maximum atomic E-state index is 5.72. The third-order valence-corrected chi connectivity index (χ3v) is 3.59. The predicted octanol–water partition coefficient (Wildman–Crippen LogP) is 2.83. The molecule has 1 heterocycles. The fraction of sp³-hybridized carbons (Fsp3) is 0.400. The van der Waals surface area contributed by atoms with Crippen molar-refractivity contribution in [1.82, 2.24) is 9.78 Å². The largest absolute Gasteiger partial charge is 0.325 e. The summed E-state index contributed by atoms with van der Waals surface area (Å²) >= 11 is 0. The molecule has 0 bridgehead atoms. The van der Waals surface area contributed by atoms with Crippen molar-refractivity contribution >= 4 is 0 Å². The molecular weight excluding hydrogens is 222 g/mol. The van der Waals surface area contributed by atoms with E-state index in [-0.39, 0.29) is 0 Å². The van der Waals surface area contributed by atoms with Crippen LogP contribution in [0.3, 0.4) is 0 Å². The summed E-state index contributed by atoms with van der Waals surface area (Å²) in [5, 5.41) is 4.65. The van der Waals surface area contributed by atoms with Gasteiger partial charge >= 0.3 is 0 Å². The molecule has 1 aliphatic rings. The molecule has 0 amide bonds. The van der Waals surface area contributed by atoms with E-state index in [0.29, 0.717) is 12.5 Å². The van der Waals surface area contributed by atoms with Crippen LogP contribution in [0.5, 0.6) is 0 Å². The molecule has 3 rings (SSSR count). The minimum absolute atomic E-state index is 0.511. The number of rotatable bonds is 3. The van der Waals surface area contributed by atoms with Crippen molar-refractivity contribution in [1.29, 1.82) is 0 Å². The molecule has 1 aromatic carbocycles. The van der Waals surface area contributed by atoms with Crippen LogP contribution >= 0.6 is 0 Å². The van der Waals surface area contributed by atoms with Crippen LogP contribution in [-0.2, 0) is 6.54 Å². The van der Waals surface area contributed by atoms with E-state index in [1.54, 1.807) is 0 Å². The molecule has 18 heavy (non-hydrogen) atoms. The summed E-state index contributed by atoms with van der Waals surface area (Å²) in [5.41, 5.74) is 11.7. The lowest BCUT2D eigenvalue weighted by Gasteiger charge is -2.10. The van der Waals surface area contributed by atoms with Gasteiger partial charge in [-0.3, -0.25) is 0 Å². The Morgan fingerprint density at radius 1 is 1.28 bits per heavy atom. The van der Waals surface area contributed by atoms with Gasteiger partial charge in [-0.1, -0.05) is 12.1 Å². The molecule has 94 valence electrons. The van der Waals surface area contributed by atoms with E-state index in [1.807, 2.05) is 0 Å². The number of nitrogens with two attached hydrogens (primary N) is 1.